The molecule has 0 aliphatic rings. The number of ether oxygens (including phenoxy) is 2. The minimum Gasteiger partial charge on any atom is -0.479 e. The summed E-state index contributed by atoms with van der Waals surface area (Å²) in [4.78, 5) is 25.6. The van der Waals surface area contributed by atoms with E-state index >= 15 is 0 Å². The molecule has 0 atom stereocenters. The number of halogens is 3. The van der Waals surface area contributed by atoms with E-state index in [-0.39, 0.29) is 23.7 Å². The topological polar surface area (TPSA) is 85.7 Å². The largest absolute Gasteiger partial charge is 0.573 e. The van der Waals surface area contributed by atoms with Gasteiger partial charge in [-0.25, -0.2) is 0 Å². The Morgan fingerprint density at radius 1 is 1.26 bits per heavy atom. The molecule has 0 unspecified atom stereocenters. The molecule has 0 aliphatic carbocycles. The van der Waals surface area contributed by atoms with Gasteiger partial charge in [0.15, 0.2) is 0 Å². The van der Waals surface area contributed by atoms with Crippen LogP contribution in [0.3, 0.4) is 0 Å². The van der Waals surface area contributed by atoms with Gasteiger partial charge in [-0.2, -0.15) is 0 Å². The standard InChI is InChI=1S/C16H17F3N4O4/c1-22(15(25)12-8-23(2)21-14(12)26-3)9-13(24)20-10-4-6-11(7-5-10)27-16(17,18)19/h4-8H,9H2,1-3H3,(H,20,24). The number of hydrogen-bond donors (Lipinski definition) is 1. The number of carbonyl (C=O) groups excluding carboxylic acids is 2. The van der Waals surface area contributed by atoms with E-state index in [9.17, 15) is 22.8 Å². The van der Waals surface area contributed by atoms with Crippen molar-refractivity contribution >= 4 is 17.5 Å². The van der Waals surface area contributed by atoms with Gasteiger partial charge >= 0.3 is 6.36 Å². The van der Waals surface area contributed by atoms with Crippen molar-refractivity contribution < 1.29 is 32.2 Å². The van der Waals surface area contributed by atoms with E-state index in [4.69, 9.17) is 4.74 Å². The SMILES string of the molecule is COc1nn(C)cc1C(=O)N(C)CC(=O)Nc1ccc(OC(F)(F)F)cc1. The number of rotatable bonds is 6. The number of methoxy groups -OCH3 is 1. The maximum absolute atomic E-state index is 12.4. The number of benzene rings is 1. The Labute approximate surface area is 152 Å². The Kier molecular flexibility index (Phi) is 5.93. The maximum atomic E-state index is 12.4. The molecule has 0 fully saturated rings. The van der Waals surface area contributed by atoms with Gasteiger partial charge in [0.05, 0.1) is 13.7 Å². The van der Waals surface area contributed by atoms with Crippen LogP contribution in [0.2, 0.25) is 0 Å². The molecule has 11 heteroatoms. The van der Waals surface area contributed by atoms with Crippen molar-refractivity contribution in [2.24, 2.45) is 7.05 Å². The van der Waals surface area contributed by atoms with Gasteiger partial charge in [-0.05, 0) is 24.3 Å². The zero-order valence-corrected chi connectivity index (χ0v) is 14.7. The molecule has 27 heavy (non-hydrogen) atoms. The Bertz CT molecular complexity index is 818. The third-order valence-corrected chi connectivity index (χ3v) is 3.32. The first-order chi connectivity index (χ1) is 12.6. The monoisotopic (exact) mass is 386 g/mol. The summed E-state index contributed by atoms with van der Waals surface area (Å²) in [6.07, 6.45) is -3.32. The predicted molar refractivity (Wildman–Crippen MR) is 88.5 cm³/mol. The first-order valence-electron chi connectivity index (χ1n) is 7.58. The second-order valence-corrected chi connectivity index (χ2v) is 5.51. The van der Waals surface area contributed by atoms with Crippen molar-refractivity contribution in [2.75, 3.05) is 26.0 Å². The lowest BCUT2D eigenvalue weighted by molar-refractivity contribution is -0.274. The molecule has 0 saturated heterocycles. The zero-order chi connectivity index (χ0) is 20.2. The first kappa shape index (κ1) is 20.1. The molecule has 0 spiro atoms. The minimum absolute atomic E-state index is 0.134. The van der Waals surface area contributed by atoms with Crippen molar-refractivity contribution in [1.29, 1.82) is 0 Å². The average molecular weight is 386 g/mol. The number of nitrogens with zero attached hydrogens (tertiary/aromatic N) is 3. The van der Waals surface area contributed by atoms with Gasteiger partial charge < -0.3 is 19.7 Å². The fourth-order valence-electron chi connectivity index (χ4n) is 2.20. The van der Waals surface area contributed by atoms with E-state index in [1.807, 2.05) is 0 Å². The highest BCUT2D eigenvalue weighted by Gasteiger charge is 2.31. The van der Waals surface area contributed by atoms with Crippen molar-refractivity contribution in [3.8, 4) is 11.6 Å². The molecule has 1 N–H and O–H groups in total. The van der Waals surface area contributed by atoms with Gasteiger partial charge in [0, 0.05) is 26.0 Å². The van der Waals surface area contributed by atoms with Gasteiger partial charge in [0.2, 0.25) is 11.8 Å². The highest BCUT2D eigenvalue weighted by Crippen LogP contribution is 2.24. The van der Waals surface area contributed by atoms with Crippen LogP contribution in [-0.4, -0.2) is 53.6 Å². The lowest BCUT2D eigenvalue weighted by Gasteiger charge is -2.16. The number of carbonyl (C=O) groups is 2. The Hall–Kier alpha value is -3.24. The molecule has 0 bridgehead atoms. The Balaban J connectivity index is 1.95. The summed E-state index contributed by atoms with van der Waals surface area (Å²) in [5, 5.41) is 6.45. The van der Waals surface area contributed by atoms with Crippen LogP contribution in [-0.2, 0) is 11.8 Å². The van der Waals surface area contributed by atoms with Gasteiger partial charge in [-0.3, -0.25) is 14.3 Å². The molecule has 0 aliphatic heterocycles. The summed E-state index contributed by atoms with van der Waals surface area (Å²) < 4.78 is 46.5. The van der Waals surface area contributed by atoms with Crippen molar-refractivity contribution in [3.63, 3.8) is 0 Å². The van der Waals surface area contributed by atoms with Crippen LogP contribution < -0.4 is 14.8 Å². The molecule has 1 aromatic heterocycles. The molecule has 1 heterocycles. The molecule has 0 saturated carbocycles. The van der Waals surface area contributed by atoms with Crippen LogP contribution >= 0.6 is 0 Å². The van der Waals surface area contributed by atoms with E-state index < -0.39 is 23.9 Å². The second-order valence-electron chi connectivity index (χ2n) is 5.51. The number of aromatic nitrogens is 2. The summed E-state index contributed by atoms with van der Waals surface area (Å²) in [6.45, 7) is -0.280. The van der Waals surface area contributed by atoms with Crippen LogP contribution in [0, 0.1) is 0 Å². The number of alkyl halides is 3. The summed E-state index contributed by atoms with van der Waals surface area (Å²) in [7, 11) is 4.42. The molecule has 1 aromatic carbocycles. The third-order valence-electron chi connectivity index (χ3n) is 3.32. The molecule has 2 amide bonds. The van der Waals surface area contributed by atoms with Crippen LogP contribution in [0.15, 0.2) is 30.5 Å². The van der Waals surface area contributed by atoms with Gasteiger partial charge in [0.25, 0.3) is 5.91 Å². The molecular formula is C16H17F3N4O4. The summed E-state index contributed by atoms with van der Waals surface area (Å²) in [5.41, 5.74) is 0.457. The number of anilines is 1. The predicted octanol–water partition coefficient (Wildman–Crippen LogP) is 2.04. The van der Waals surface area contributed by atoms with Gasteiger partial charge in [-0.1, -0.05) is 0 Å². The Morgan fingerprint density at radius 3 is 2.44 bits per heavy atom. The Morgan fingerprint density at radius 2 is 1.89 bits per heavy atom. The lowest BCUT2D eigenvalue weighted by atomic mass is 10.3. The van der Waals surface area contributed by atoms with Crippen LogP contribution in [0.1, 0.15) is 10.4 Å². The first-order valence-corrected chi connectivity index (χ1v) is 7.58. The highest BCUT2D eigenvalue weighted by atomic mass is 19.4. The van der Waals surface area contributed by atoms with Crippen molar-refractivity contribution in [3.05, 3.63) is 36.0 Å². The second kappa shape index (κ2) is 7.98. The van der Waals surface area contributed by atoms with Gasteiger partial charge in [0.1, 0.15) is 11.3 Å². The van der Waals surface area contributed by atoms with E-state index in [0.717, 1.165) is 17.0 Å². The third kappa shape index (κ3) is 5.62. The van der Waals surface area contributed by atoms with Crippen molar-refractivity contribution in [2.45, 2.75) is 6.36 Å². The maximum Gasteiger partial charge on any atom is 0.573 e. The number of nitrogens with one attached hydrogen (secondary N) is 1. The van der Waals surface area contributed by atoms with Gasteiger partial charge in [-0.15, -0.1) is 18.3 Å². The van der Waals surface area contributed by atoms with Crippen molar-refractivity contribution in [1.82, 2.24) is 14.7 Å². The summed E-state index contributed by atoms with van der Waals surface area (Å²) in [5.74, 6) is -1.27. The van der Waals surface area contributed by atoms with E-state index in [0.29, 0.717) is 0 Å². The molecule has 2 aromatic rings. The van der Waals surface area contributed by atoms with E-state index in [1.165, 1.54) is 37.2 Å². The average Bonchev–Trinajstić information content (AvgIpc) is 2.95. The number of amides is 2. The fourth-order valence-corrected chi connectivity index (χ4v) is 2.20. The zero-order valence-electron chi connectivity index (χ0n) is 14.7. The molecule has 2 rings (SSSR count). The quantitative estimate of drug-likeness (QED) is 0.821. The van der Waals surface area contributed by atoms with E-state index in [2.05, 4.69) is 15.2 Å². The molecule has 8 nitrogen and oxygen atoms in total. The molecular weight excluding hydrogens is 369 g/mol. The molecule has 0 radical (unpaired) electrons. The normalized spacial score (nSPS) is 11.0. The lowest BCUT2D eigenvalue weighted by Crippen LogP contribution is -2.35. The summed E-state index contributed by atoms with van der Waals surface area (Å²) >= 11 is 0. The highest BCUT2D eigenvalue weighted by molar-refractivity contribution is 6.00. The molecule has 146 valence electrons. The van der Waals surface area contributed by atoms with E-state index in [1.54, 1.807) is 7.05 Å². The van der Waals surface area contributed by atoms with Crippen LogP contribution in [0.4, 0.5) is 18.9 Å². The number of aryl methyl sites for hydroxylation is 1. The number of hydrogen-bond acceptors (Lipinski definition) is 5. The van der Waals surface area contributed by atoms with Crippen LogP contribution in [0.5, 0.6) is 11.6 Å². The van der Waals surface area contributed by atoms with Crippen LogP contribution in [0.25, 0.3) is 0 Å². The fraction of sp³-hybridized carbons (Fsp3) is 0.312. The smallest absolute Gasteiger partial charge is 0.479 e. The summed E-state index contributed by atoms with van der Waals surface area (Å²) in [6, 6.07) is 4.65. The number of likely N-dealkylation sites (N-methyl/N-ethyl adjacent to an activating group) is 1. The minimum atomic E-state index is -4.79.